The molecule has 0 saturated carbocycles. The van der Waals surface area contributed by atoms with Gasteiger partial charge in [0.25, 0.3) is 0 Å². The molecule has 3 rings (SSSR count). The maximum atomic E-state index is 4.66. The van der Waals surface area contributed by atoms with E-state index in [0.717, 1.165) is 49.8 Å². The number of guanidine groups is 1. The Labute approximate surface area is 149 Å². The Hall–Kier alpha value is -2.34. The van der Waals surface area contributed by atoms with Crippen LogP contribution in [0, 0.1) is 6.92 Å². The Morgan fingerprint density at radius 1 is 1.40 bits per heavy atom. The molecule has 6 nitrogen and oxygen atoms in total. The molecule has 0 spiro atoms. The molecule has 2 aromatic heterocycles. The van der Waals surface area contributed by atoms with Crippen molar-refractivity contribution in [3.05, 3.63) is 48.4 Å². The summed E-state index contributed by atoms with van der Waals surface area (Å²) in [5, 5.41) is 6.92. The first-order valence-electron chi connectivity index (χ1n) is 8.93. The molecule has 2 N–H and O–H groups in total. The van der Waals surface area contributed by atoms with Crippen molar-refractivity contribution in [3.63, 3.8) is 0 Å². The maximum absolute atomic E-state index is 4.66. The van der Waals surface area contributed by atoms with Crippen LogP contribution in [0.1, 0.15) is 24.2 Å². The molecule has 1 fully saturated rings. The molecule has 2 aromatic rings. The largest absolute Gasteiger partial charge is 0.354 e. The zero-order chi connectivity index (χ0) is 17.6. The third-order valence-electron chi connectivity index (χ3n) is 4.72. The van der Waals surface area contributed by atoms with Crippen molar-refractivity contribution < 1.29 is 0 Å². The molecule has 25 heavy (non-hydrogen) atoms. The second-order valence-corrected chi connectivity index (χ2v) is 6.56. The van der Waals surface area contributed by atoms with Crippen LogP contribution in [0.25, 0.3) is 5.65 Å². The summed E-state index contributed by atoms with van der Waals surface area (Å²) in [4.78, 5) is 11.4. The number of aromatic nitrogens is 2. The first-order chi connectivity index (χ1) is 12.2. The summed E-state index contributed by atoms with van der Waals surface area (Å²) in [7, 11) is 1.82. The van der Waals surface area contributed by atoms with Crippen LogP contribution in [-0.2, 0) is 6.54 Å². The topological polar surface area (TPSA) is 57.0 Å². The van der Waals surface area contributed by atoms with E-state index in [9.17, 15) is 0 Å². The minimum atomic E-state index is 0.468. The van der Waals surface area contributed by atoms with Gasteiger partial charge in [0.2, 0.25) is 0 Å². The van der Waals surface area contributed by atoms with Gasteiger partial charge in [0.15, 0.2) is 5.96 Å². The van der Waals surface area contributed by atoms with Crippen molar-refractivity contribution in [2.75, 3.05) is 26.7 Å². The lowest BCUT2D eigenvalue weighted by molar-refractivity contribution is 0.225. The molecule has 134 valence electrons. The quantitative estimate of drug-likeness (QED) is 0.496. The number of aryl methyl sites for hydroxylation is 1. The van der Waals surface area contributed by atoms with Crippen LogP contribution in [0.15, 0.2) is 42.0 Å². The lowest BCUT2D eigenvalue weighted by atomic mass is 10.1. The summed E-state index contributed by atoms with van der Waals surface area (Å²) in [6.45, 7) is 9.75. The van der Waals surface area contributed by atoms with Crippen molar-refractivity contribution in [2.24, 2.45) is 4.99 Å². The molecular weight excluding hydrogens is 312 g/mol. The van der Waals surface area contributed by atoms with Gasteiger partial charge >= 0.3 is 0 Å². The Morgan fingerprint density at radius 2 is 2.20 bits per heavy atom. The minimum absolute atomic E-state index is 0.468. The van der Waals surface area contributed by atoms with Gasteiger partial charge in [-0.1, -0.05) is 12.1 Å². The van der Waals surface area contributed by atoms with E-state index in [1.54, 1.807) is 0 Å². The average molecular weight is 340 g/mol. The minimum Gasteiger partial charge on any atom is -0.354 e. The Kier molecular flexibility index (Phi) is 5.71. The molecule has 1 aliphatic rings. The summed E-state index contributed by atoms with van der Waals surface area (Å²) in [5.74, 6) is 0.843. The maximum Gasteiger partial charge on any atom is 0.191 e. The van der Waals surface area contributed by atoms with Gasteiger partial charge in [-0.2, -0.15) is 0 Å². The first-order valence-corrected chi connectivity index (χ1v) is 8.93. The van der Waals surface area contributed by atoms with Gasteiger partial charge in [0.1, 0.15) is 5.65 Å². The van der Waals surface area contributed by atoms with Crippen LogP contribution < -0.4 is 10.6 Å². The molecule has 0 radical (unpaired) electrons. The Bertz CT molecular complexity index is 739. The summed E-state index contributed by atoms with van der Waals surface area (Å²) in [5.41, 5.74) is 3.18. The van der Waals surface area contributed by atoms with Crippen molar-refractivity contribution in [3.8, 4) is 0 Å². The van der Waals surface area contributed by atoms with Crippen LogP contribution in [-0.4, -0.2) is 53.0 Å². The van der Waals surface area contributed by atoms with Crippen molar-refractivity contribution in [1.82, 2.24) is 24.9 Å². The molecule has 0 unspecified atom stereocenters. The fourth-order valence-electron chi connectivity index (χ4n) is 3.29. The number of aliphatic imine (C=N–C) groups is 1. The van der Waals surface area contributed by atoms with Gasteiger partial charge in [0, 0.05) is 44.6 Å². The van der Waals surface area contributed by atoms with E-state index in [2.05, 4.69) is 55.7 Å². The second kappa shape index (κ2) is 8.16. The highest BCUT2D eigenvalue weighted by molar-refractivity contribution is 5.79. The number of piperidine rings is 1. The second-order valence-electron chi connectivity index (χ2n) is 6.56. The first kappa shape index (κ1) is 17.5. The smallest absolute Gasteiger partial charge is 0.191 e. The lowest BCUT2D eigenvalue weighted by Crippen LogP contribution is -2.48. The normalized spacial score (nSPS) is 17.0. The molecule has 1 aliphatic heterocycles. The van der Waals surface area contributed by atoms with Crippen LogP contribution in [0.3, 0.4) is 0 Å². The molecular formula is C19H28N6. The van der Waals surface area contributed by atoms with Gasteiger partial charge in [-0.25, -0.2) is 4.98 Å². The SMILES string of the molecule is C=CCN1CCC(NC(=NC)NCc2cn3c(C)cccc3n2)CC1. The number of rotatable bonds is 5. The molecule has 1 saturated heterocycles. The molecule has 0 amide bonds. The number of nitrogens with one attached hydrogen (secondary N) is 2. The van der Waals surface area contributed by atoms with Gasteiger partial charge in [-0.15, -0.1) is 6.58 Å². The zero-order valence-electron chi connectivity index (χ0n) is 15.2. The number of nitrogens with zero attached hydrogens (tertiary/aromatic N) is 4. The van der Waals surface area contributed by atoms with Crippen molar-refractivity contribution in [2.45, 2.75) is 32.4 Å². The fourth-order valence-corrected chi connectivity index (χ4v) is 3.29. The molecule has 0 bridgehead atoms. The third-order valence-corrected chi connectivity index (χ3v) is 4.72. The molecule has 0 aliphatic carbocycles. The molecule has 0 atom stereocenters. The van der Waals surface area contributed by atoms with Crippen LogP contribution in [0.2, 0.25) is 0 Å². The van der Waals surface area contributed by atoms with Gasteiger partial charge in [-0.3, -0.25) is 9.89 Å². The predicted molar refractivity (Wildman–Crippen MR) is 103 cm³/mol. The van der Waals surface area contributed by atoms with E-state index in [-0.39, 0.29) is 0 Å². The highest BCUT2D eigenvalue weighted by Crippen LogP contribution is 2.10. The number of likely N-dealkylation sites (tertiary alicyclic amines) is 1. The number of imidazole rings is 1. The predicted octanol–water partition coefficient (Wildman–Crippen LogP) is 1.96. The number of pyridine rings is 1. The Morgan fingerprint density at radius 3 is 2.88 bits per heavy atom. The summed E-state index contributed by atoms with van der Waals surface area (Å²) in [6.07, 6.45) is 6.31. The number of hydrogen-bond acceptors (Lipinski definition) is 3. The number of fused-ring (bicyclic) bond motifs is 1. The summed E-state index contributed by atoms with van der Waals surface area (Å²) >= 11 is 0. The zero-order valence-corrected chi connectivity index (χ0v) is 15.2. The monoisotopic (exact) mass is 340 g/mol. The van der Waals surface area contributed by atoms with Gasteiger partial charge in [0.05, 0.1) is 12.2 Å². The third kappa shape index (κ3) is 4.39. The van der Waals surface area contributed by atoms with E-state index in [0.29, 0.717) is 12.6 Å². The Balaban J connectivity index is 1.52. The van der Waals surface area contributed by atoms with Crippen LogP contribution in [0.4, 0.5) is 0 Å². The van der Waals surface area contributed by atoms with E-state index >= 15 is 0 Å². The van der Waals surface area contributed by atoms with E-state index < -0.39 is 0 Å². The lowest BCUT2D eigenvalue weighted by Gasteiger charge is -2.32. The van der Waals surface area contributed by atoms with Gasteiger partial charge in [-0.05, 0) is 31.9 Å². The van der Waals surface area contributed by atoms with E-state index in [1.165, 1.54) is 5.69 Å². The molecule has 6 heteroatoms. The van der Waals surface area contributed by atoms with E-state index in [4.69, 9.17) is 0 Å². The van der Waals surface area contributed by atoms with Crippen LogP contribution >= 0.6 is 0 Å². The van der Waals surface area contributed by atoms with Crippen LogP contribution in [0.5, 0.6) is 0 Å². The summed E-state index contributed by atoms with van der Waals surface area (Å²) < 4.78 is 2.11. The van der Waals surface area contributed by atoms with Crippen molar-refractivity contribution >= 4 is 11.6 Å². The standard InChI is InChI=1S/C19H28N6/c1-4-10-24-11-8-16(9-12-24)23-19(20-3)21-13-17-14-25-15(2)6-5-7-18(25)22-17/h4-7,14,16H,1,8-13H2,2-3H3,(H2,20,21,23). The molecule has 3 heterocycles. The fraction of sp³-hybridized carbons (Fsp3) is 0.474. The van der Waals surface area contributed by atoms with E-state index in [1.807, 2.05) is 25.3 Å². The van der Waals surface area contributed by atoms with Crippen molar-refractivity contribution in [1.29, 1.82) is 0 Å². The summed E-state index contributed by atoms with van der Waals surface area (Å²) in [6, 6.07) is 6.62. The number of hydrogen-bond donors (Lipinski definition) is 2. The average Bonchev–Trinajstić information content (AvgIpc) is 3.05. The molecule has 0 aromatic carbocycles. The van der Waals surface area contributed by atoms with Gasteiger partial charge < -0.3 is 15.0 Å². The highest BCUT2D eigenvalue weighted by atomic mass is 15.2. The highest BCUT2D eigenvalue weighted by Gasteiger charge is 2.19.